The Balaban J connectivity index is 1.55. The van der Waals surface area contributed by atoms with Gasteiger partial charge < -0.3 is 5.32 Å². The Morgan fingerprint density at radius 2 is 2.15 bits per heavy atom. The molecular weight excluding hydrogens is 268 g/mol. The van der Waals surface area contributed by atoms with Crippen LogP contribution in [0, 0.1) is 5.92 Å². The lowest BCUT2D eigenvalue weighted by atomic mass is 9.86. The van der Waals surface area contributed by atoms with Crippen molar-refractivity contribution < 1.29 is 18.2 Å². The Bertz CT molecular complexity index is 500. The van der Waals surface area contributed by atoms with E-state index in [9.17, 15) is 13.6 Å². The summed E-state index contributed by atoms with van der Waals surface area (Å²) in [6.45, 7) is 0.255. The van der Waals surface area contributed by atoms with E-state index in [-0.39, 0.29) is 42.8 Å². The molecule has 0 spiro atoms. The van der Waals surface area contributed by atoms with Crippen molar-refractivity contribution in [3.8, 4) is 0 Å². The molecule has 1 N–H and O–H groups in total. The fourth-order valence-electron chi connectivity index (χ4n) is 2.75. The summed E-state index contributed by atoms with van der Waals surface area (Å²) in [6.07, 6.45) is 3.01. The lowest BCUT2D eigenvalue weighted by Crippen LogP contribution is -2.35. The molecule has 1 unspecified atom stereocenters. The van der Waals surface area contributed by atoms with E-state index in [4.69, 9.17) is 0 Å². The molecule has 2 aliphatic rings. The van der Waals surface area contributed by atoms with Crippen LogP contribution < -0.4 is 5.32 Å². The monoisotopic (exact) mass is 285 g/mol. The molecule has 5 nitrogen and oxygen atoms in total. The van der Waals surface area contributed by atoms with Crippen molar-refractivity contribution >= 4 is 5.91 Å². The van der Waals surface area contributed by atoms with Crippen molar-refractivity contribution in [3.05, 3.63) is 11.4 Å². The van der Waals surface area contributed by atoms with Crippen molar-refractivity contribution in [3.63, 3.8) is 0 Å². The standard InChI is InChI=1S/C13H17F2N3O2/c14-13(15)5-1-2-8(6-13)7-16-12(19)11-10(9-3-4-9)17-20-18-11/h8-9H,1-7H2,(H,16,19). The minimum atomic E-state index is -2.59. The summed E-state index contributed by atoms with van der Waals surface area (Å²) in [5.41, 5.74) is 0.798. The summed E-state index contributed by atoms with van der Waals surface area (Å²) in [6, 6.07) is 0. The van der Waals surface area contributed by atoms with Crippen LogP contribution >= 0.6 is 0 Å². The largest absolute Gasteiger partial charge is 0.350 e. The van der Waals surface area contributed by atoms with Crippen LogP contribution in [0.2, 0.25) is 0 Å². The third-order valence-corrected chi connectivity index (χ3v) is 3.99. The molecule has 1 amide bonds. The lowest BCUT2D eigenvalue weighted by Gasteiger charge is -2.28. The lowest BCUT2D eigenvalue weighted by molar-refractivity contribution is -0.0518. The van der Waals surface area contributed by atoms with Crippen molar-refractivity contribution in [2.45, 2.75) is 50.4 Å². The smallest absolute Gasteiger partial charge is 0.275 e. The zero-order valence-electron chi connectivity index (χ0n) is 11.1. The van der Waals surface area contributed by atoms with Crippen molar-refractivity contribution in [1.29, 1.82) is 0 Å². The van der Waals surface area contributed by atoms with Crippen molar-refractivity contribution in [1.82, 2.24) is 15.6 Å². The van der Waals surface area contributed by atoms with Crippen LogP contribution in [0.5, 0.6) is 0 Å². The molecule has 0 aliphatic heterocycles. The van der Waals surface area contributed by atoms with Crippen LogP contribution in [-0.2, 0) is 0 Å². The number of carbonyl (C=O) groups is 1. The number of nitrogens with one attached hydrogen (secondary N) is 1. The number of rotatable bonds is 4. The molecule has 0 aromatic carbocycles. The number of hydrogen-bond donors (Lipinski definition) is 1. The maximum atomic E-state index is 13.3. The van der Waals surface area contributed by atoms with E-state index in [0.29, 0.717) is 12.1 Å². The van der Waals surface area contributed by atoms with E-state index in [1.165, 1.54) is 0 Å². The van der Waals surface area contributed by atoms with E-state index in [1.807, 2.05) is 0 Å². The van der Waals surface area contributed by atoms with Gasteiger partial charge in [-0.3, -0.25) is 4.79 Å². The first-order valence-corrected chi connectivity index (χ1v) is 7.04. The number of amides is 1. The molecular formula is C13H17F2N3O2. The molecule has 0 radical (unpaired) electrons. The number of halogens is 2. The predicted molar refractivity (Wildman–Crippen MR) is 65.5 cm³/mol. The number of hydrogen-bond acceptors (Lipinski definition) is 4. The van der Waals surface area contributed by atoms with Gasteiger partial charge in [-0.05, 0) is 36.8 Å². The normalized spacial score (nSPS) is 25.4. The Kier molecular flexibility index (Phi) is 3.43. The van der Waals surface area contributed by atoms with E-state index in [0.717, 1.165) is 19.3 Å². The van der Waals surface area contributed by atoms with Gasteiger partial charge in [0, 0.05) is 25.3 Å². The molecule has 0 bridgehead atoms. The minimum absolute atomic E-state index is 0.0452. The van der Waals surface area contributed by atoms with E-state index in [2.05, 4.69) is 20.3 Å². The van der Waals surface area contributed by atoms with Crippen LogP contribution in [0.1, 0.15) is 60.6 Å². The zero-order valence-corrected chi connectivity index (χ0v) is 11.1. The van der Waals surface area contributed by atoms with Gasteiger partial charge in [0.25, 0.3) is 5.91 Å². The Hall–Kier alpha value is -1.53. The number of alkyl halides is 2. The van der Waals surface area contributed by atoms with Crippen molar-refractivity contribution in [2.24, 2.45) is 5.92 Å². The number of nitrogens with zero attached hydrogens (tertiary/aromatic N) is 2. The summed E-state index contributed by atoms with van der Waals surface area (Å²) in [5.74, 6) is -2.88. The van der Waals surface area contributed by atoms with Gasteiger partial charge in [0.1, 0.15) is 5.69 Å². The first kappa shape index (κ1) is 13.5. The van der Waals surface area contributed by atoms with Gasteiger partial charge >= 0.3 is 0 Å². The fraction of sp³-hybridized carbons (Fsp3) is 0.769. The summed E-state index contributed by atoms with van der Waals surface area (Å²) >= 11 is 0. The molecule has 0 saturated heterocycles. The molecule has 1 aromatic rings. The third-order valence-electron chi connectivity index (χ3n) is 3.99. The number of aromatic nitrogens is 2. The highest BCUT2D eigenvalue weighted by Crippen LogP contribution is 2.40. The third kappa shape index (κ3) is 2.96. The first-order valence-electron chi connectivity index (χ1n) is 7.04. The van der Waals surface area contributed by atoms with Gasteiger partial charge in [-0.15, -0.1) is 0 Å². The fourth-order valence-corrected chi connectivity index (χ4v) is 2.75. The summed E-state index contributed by atoms with van der Waals surface area (Å²) in [4.78, 5) is 12.0. The van der Waals surface area contributed by atoms with Crippen molar-refractivity contribution in [2.75, 3.05) is 6.54 Å². The van der Waals surface area contributed by atoms with E-state index >= 15 is 0 Å². The van der Waals surface area contributed by atoms with Crippen LogP contribution in [0.15, 0.2) is 4.63 Å². The summed E-state index contributed by atoms with van der Waals surface area (Å²) in [5, 5.41) is 10.1. The molecule has 1 aromatic heterocycles. The molecule has 3 rings (SSSR count). The maximum Gasteiger partial charge on any atom is 0.275 e. The molecule has 2 saturated carbocycles. The van der Waals surface area contributed by atoms with Gasteiger partial charge in [-0.25, -0.2) is 13.4 Å². The highest BCUT2D eigenvalue weighted by Gasteiger charge is 2.37. The SMILES string of the molecule is O=C(NCC1CCCC(F)(F)C1)c1nonc1C1CC1. The molecule has 1 heterocycles. The highest BCUT2D eigenvalue weighted by atomic mass is 19.3. The van der Waals surface area contributed by atoms with Gasteiger partial charge in [0.15, 0.2) is 5.69 Å². The summed E-state index contributed by atoms with van der Waals surface area (Å²) in [7, 11) is 0. The predicted octanol–water partition coefficient (Wildman–Crippen LogP) is 2.50. The van der Waals surface area contributed by atoms with Crippen LogP contribution in [0.3, 0.4) is 0 Å². The average Bonchev–Trinajstić information content (AvgIpc) is 3.12. The van der Waals surface area contributed by atoms with Gasteiger partial charge in [-0.2, -0.15) is 0 Å². The minimum Gasteiger partial charge on any atom is -0.350 e. The van der Waals surface area contributed by atoms with Gasteiger partial charge in [0.2, 0.25) is 5.92 Å². The van der Waals surface area contributed by atoms with Crippen LogP contribution in [0.25, 0.3) is 0 Å². The summed E-state index contributed by atoms with van der Waals surface area (Å²) < 4.78 is 31.2. The van der Waals surface area contributed by atoms with Gasteiger partial charge in [0.05, 0.1) is 0 Å². The number of carbonyl (C=O) groups excluding carboxylic acids is 1. The highest BCUT2D eigenvalue weighted by molar-refractivity contribution is 5.93. The average molecular weight is 285 g/mol. The van der Waals surface area contributed by atoms with E-state index < -0.39 is 5.92 Å². The Labute approximate surface area is 115 Å². The second kappa shape index (κ2) is 5.10. The quantitative estimate of drug-likeness (QED) is 0.923. The molecule has 20 heavy (non-hydrogen) atoms. The Morgan fingerprint density at radius 1 is 1.35 bits per heavy atom. The zero-order chi connectivity index (χ0) is 14.2. The molecule has 1 atom stereocenters. The molecule has 2 fully saturated rings. The second-order valence-electron chi connectivity index (χ2n) is 5.80. The van der Waals surface area contributed by atoms with E-state index in [1.54, 1.807) is 0 Å². The maximum absolute atomic E-state index is 13.3. The molecule has 7 heteroatoms. The topological polar surface area (TPSA) is 68.0 Å². The molecule has 110 valence electrons. The van der Waals surface area contributed by atoms with Crippen LogP contribution in [0.4, 0.5) is 8.78 Å². The second-order valence-corrected chi connectivity index (χ2v) is 5.80. The molecule has 2 aliphatic carbocycles. The van der Waals surface area contributed by atoms with Crippen LogP contribution in [-0.4, -0.2) is 28.7 Å². The van der Waals surface area contributed by atoms with Gasteiger partial charge in [-0.1, -0.05) is 5.16 Å². The Morgan fingerprint density at radius 3 is 2.85 bits per heavy atom. The first-order chi connectivity index (χ1) is 9.55.